The van der Waals surface area contributed by atoms with Crippen LogP contribution < -0.4 is 14.4 Å². The van der Waals surface area contributed by atoms with Gasteiger partial charge in [0.15, 0.2) is 0 Å². The third-order valence-corrected chi connectivity index (χ3v) is 5.80. The zero-order valence-corrected chi connectivity index (χ0v) is 18.1. The minimum absolute atomic E-state index is 0.329. The summed E-state index contributed by atoms with van der Waals surface area (Å²) in [5.74, 6) is 0.843. The SMILES string of the molecule is Cc1ccc(N(CC(=O)Nc2ccc(Oc3ccccc3)cc2)S(C)(=O)=O)cc1Cl. The summed E-state index contributed by atoms with van der Waals surface area (Å²) in [6, 6.07) is 21.0. The summed E-state index contributed by atoms with van der Waals surface area (Å²) in [7, 11) is -3.68. The summed E-state index contributed by atoms with van der Waals surface area (Å²) in [5, 5.41) is 3.12. The molecule has 1 N–H and O–H groups in total. The molecule has 0 saturated heterocycles. The normalized spacial score (nSPS) is 11.0. The van der Waals surface area contributed by atoms with Crippen LogP contribution in [0.25, 0.3) is 0 Å². The van der Waals surface area contributed by atoms with E-state index in [0.717, 1.165) is 16.1 Å². The van der Waals surface area contributed by atoms with E-state index in [1.807, 2.05) is 37.3 Å². The Labute approximate surface area is 181 Å². The maximum atomic E-state index is 12.5. The number of benzene rings is 3. The van der Waals surface area contributed by atoms with Gasteiger partial charge in [-0.3, -0.25) is 9.10 Å². The number of halogens is 1. The summed E-state index contributed by atoms with van der Waals surface area (Å²) in [4.78, 5) is 12.5. The molecule has 30 heavy (non-hydrogen) atoms. The number of nitrogens with zero attached hydrogens (tertiary/aromatic N) is 1. The van der Waals surface area contributed by atoms with Crippen LogP contribution >= 0.6 is 11.6 Å². The molecule has 0 bridgehead atoms. The first-order valence-electron chi connectivity index (χ1n) is 9.09. The van der Waals surface area contributed by atoms with Crippen molar-refractivity contribution in [2.24, 2.45) is 0 Å². The number of sulfonamides is 1. The van der Waals surface area contributed by atoms with Crippen molar-refractivity contribution >= 4 is 38.9 Å². The van der Waals surface area contributed by atoms with Crippen molar-refractivity contribution in [2.45, 2.75) is 6.92 Å². The number of hydrogen-bond acceptors (Lipinski definition) is 4. The average Bonchev–Trinajstić information content (AvgIpc) is 2.70. The summed E-state index contributed by atoms with van der Waals surface area (Å²) in [6.45, 7) is 1.44. The average molecular weight is 445 g/mol. The van der Waals surface area contributed by atoms with Gasteiger partial charge in [0.05, 0.1) is 11.9 Å². The third kappa shape index (κ3) is 5.75. The predicted octanol–water partition coefficient (Wildman–Crippen LogP) is 4.85. The molecule has 0 aliphatic rings. The molecule has 156 valence electrons. The number of aryl methyl sites for hydroxylation is 1. The fourth-order valence-electron chi connectivity index (χ4n) is 2.70. The molecule has 0 aliphatic carbocycles. The van der Waals surface area contributed by atoms with E-state index in [1.165, 1.54) is 6.07 Å². The van der Waals surface area contributed by atoms with E-state index >= 15 is 0 Å². The zero-order chi connectivity index (χ0) is 21.7. The molecule has 8 heteroatoms. The number of nitrogens with one attached hydrogen (secondary N) is 1. The van der Waals surface area contributed by atoms with Crippen LogP contribution in [0, 0.1) is 6.92 Å². The van der Waals surface area contributed by atoms with Gasteiger partial charge < -0.3 is 10.1 Å². The number of anilines is 2. The summed E-state index contributed by atoms with van der Waals surface area (Å²) in [6.07, 6.45) is 1.05. The van der Waals surface area contributed by atoms with Crippen LogP contribution in [-0.4, -0.2) is 27.1 Å². The number of para-hydroxylation sites is 1. The van der Waals surface area contributed by atoms with Gasteiger partial charge in [0.25, 0.3) is 0 Å². The van der Waals surface area contributed by atoms with Crippen LogP contribution in [0.3, 0.4) is 0 Å². The van der Waals surface area contributed by atoms with Crippen LogP contribution in [0.15, 0.2) is 72.8 Å². The van der Waals surface area contributed by atoms with Gasteiger partial charge in [-0.25, -0.2) is 8.42 Å². The molecule has 0 radical (unpaired) electrons. The Hall–Kier alpha value is -3.03. The topological polar surface area (TPSA) is 75.7 Å². The Morgan fingerprint density at radius 3 is 2.23 bits per heavy atom. The summed E-state index contributed by atoms with van der Waals surface area (Å²) < 4.78 is 31.2. The van der Waals surface area contributed by atoms with Gasteiger partial charge in [-0.05, 0) is 61.0 Å². The van der Waals surface area contributed by atoms with Gasteiger partial charge in [-0.1, -0.05) is 35.9 Å². The largest absolute Gasteiger partial charge is 0.457 e. The molecular formula is C22H21ClN2O4S. The van der Waals surface area contributed by atoms with Gasteiger partial charge >= 0.3 is 0 Å². The Bertz CT molecular complexity index is 1130. The predicted molar refractivity (Wildman–Crippen MR) is 120 cm³/mol. The quantitative estimate of drug-likeness (QED) is 0.565. The van der Waals surface area contributed by atoms with E-state index in [-0.39, 0.29) is 6.54 Å². The fraction of sp³-hybridized carbons (Fsp3) is 0.136. The Kier molecular flexibility index (Phi) is 6.64. The van der Waals surface area contributed by atoms with E-state index in [9.17, 15) is 13.2 Å². The van der Waals surface area contributed by atoms with Crippen molar-refractivity contribution in [1.82, 2.24) is 0 Å². The smallest absolute Gasteiger partial charge is 0.245 e. The van der Waals surface area contributed by atoms with Gasteiger partial charge in [0.2, 0.25) is 15.9 Å². The van der Waals surface area contributed by atoms with Crippen molar-refractivity contribution in [2.75, 3.05) is 22.4 Å². The summed E-state index contributed by atoms with van der Waals surface area (Å²) in [5.41, 5.74) is 1.67. The number of carbonyl (C=O) groups excluding carboxylic acids is 1. The molecule has 0 aliphatic heterocycles. The lowest BCUT2D eigenvalue weighted by Crippen LogP contribution is -2.37. The molecule has 0 unspecified atom stereocenters. The monoisotopic (exact) mass is 444 g/mol. The van der Waals surface area contributed by atoms with Crippen molar-refractivity contribution in [3.63, 3.8) is 0 Å². The zero-order valence-electron chi connectivity index (χ0n) is 16.5. The van der Waals surface area contributed by atoms with Crippen LogP contribution in [0.4, 0.5) is 11.4 Å². The van der Waals surface area contributed by atoms with Crippen LogP contribution in [-0.2, 0) is 14.8 Å². The van der Waals surface area contributed by atoms with E-state index < -0.39 is 15.9 Å². The number of rotatable bonds is 7. The lowest BCUT2D eigenvalue weighted by Gasteiger charge is -2.22. The maximum absolute atomic E-state index is 12.5. The highest BCUT2D eigenvalue weighted by atomic mass is 35.5. The van der Waals surface area contributed by atoms with E-state index in [0.29, 0.717) is 27.9 Å². The van der Waals surface area contributed by atoms with Crippen molar-refractivity contribution in [1.29, 1.82) is 0 Å². The second kappa shape index (κ2) is 9.19. The number of ether oxygens (including phenoxy) is 1. The fourth-order valence-corrected chi connectivity index (χ4v) is 3.72. The van der Waals surface area contributed by atoms with Crippen LogP contribution in [0.5, 0.6) is 11.5 Å². The first-order valence-corrected chi connectivity index (χ1v) is 11.3. The van der Waals surface area contributed by atoms with Gasteiger partial charge in [0.1, 0.15) is 18.0 Å². The molecule has 3 rings (SSSR count). The molecule has 0 atom stereocenters. The molecule has 3 aromatic carbocycles. The summed E-state index contributed by atoms with van der Waals surface area (Å²) >= 11 is 6.11. The Balaban J connectivity index is 1.68. The van der Waals surface area contributed by atoms with Gasteiger partial charge in [0, 0.05) is 10.7 Å². The first-order chi connectivity index (χ1) is 14.2. The third-order valence-electron chi connectivity index (χ3n) is 4.25. The number of amides is 1. The molecule has 3 aromatic rings. The molecule has 0 fully saturated rings. The lowest BCUT2D eigenvalue weighted by molar-refractivity contribution is -0.114. The highest BCUT2D eigenvalue weighted by Gasteiger charge is 2.21. The van der Waals surface area contributed by atoms with E-state index in [1.54, 1.807) is 36.4 Å². The molecule has 0 heterocycles. The van der Waals surface area contributed by atoms with E-state index in [4.69, 9.17) is 16.3 Å². The standard InChI is InChI=1S/C22H21ClN2O4S/c1-16-8-11-18(14-21(16)23)25(30(2,27)28)15-22(26)24-17-9-12-20(13-10-17)29-19-6-4-3-5-7-19/h3-14H,15H2,1-2H3,(H,24,26). The van der Waals surface area contributed by atoms with Gasteiger partial charge in [-0.2, -0.15) is 0 Å². The van der Waals surface area contributed by atoms with Crippen molar-refractivity contribution in [3.8, 4) is 11.5 Å². The molecule has 0 spiro atoms. The van der Waals surface area contributed by atoms with Gasteiger partial charge in [-0.15, -0.1) is 0 Å². The molecule has 0 aromatic heterocycles. The Morgan fingerprint density at radius 2 is 1.63 bits per heavy atom. The second-order valence-electron chi connectivity index (χ2n) is 6.69. The lowest BCUT2D eigenvalue weighted by atomic mass is 10.2. The molecule has 6 nitrogen and oxygen atoms in total. The van der Waals surface area contributed by atoms with Crippen LogP contribution in [0.2, 0.25) is 5.02 Å². The molecule has 0 saturated carbocycles. The van der Waals surface area contributed by atoms with Crippen LogP contribution in [0.1, 0.15) is 5.56 Å². The highest BCUT2D eigenvalue weighted by Crippen LogP contribution is 2.25. The molecule has 1 amide bonds. The second-order valence-corrected chi connectivity index (χ2v) is 9.00. The Morgan fingerprint density at radius 1 is 1.00 bits per heavy atom. The van der Waals surface area contributed by atoms with Crippen molar-refractivity contribution < 1.29 is 17.9 Å². The maximum Gasteiger partial charge on any atom is 0.245 e. The van der Waals surface area contributed by atoms with E-state index in [2.05, 4.69) is 5.32 Å². The minimum atomic E-state index is -3.68. The highest BCUT2D eigenvalue weighted by molar-refractivity contribution is 7.92. The number of carbonyl (C=O) groups is 1. The molecular weight excluding hydrogens is 424 g/mol. The first kappa shape index (κ1) is 21.7. The number of hydrogen-bond donors (Lipinski definition) is 1. The minimum Gasteiger partial charge on any atom is -0.457 e. The van der Waals surface area contributed by atoms with Crippen molar-refractivity contribution in [3.05, 3.63) is 83.4 Å².